The maximum Gasteiger partial charge on any atom is 0.0896 e. The van der Waals surface area contributed by atoms with Crippen molar-refractivity contribution in [2.75, 3.05) is 19.8 Å². The van der Waals surface area contributed by atoms with Crippen LogP contribution in [-0.4, -0.2) is 35.9 Å². The molecule has 120 valence electrons. The van der Waals surface area contributed by atoms with Gasteiger partial charge in [0.2, 0.25) is 0 Å². The Hall–Kier alpha value is -2.27. The molecule has 2 aromatic heterocycles. The molecule has 23 heavy (non-hydrogen) atoms. The second-order valence-corrected chi connectivity index (χ2v) is 5.89. The van der Waals surface area contributed by atoms with Crippen LogP contribution in [0.2, 0.25) is 0 Å². The summed E-state index contributed by atoms with van der Waals surface area (Å²) in [4.78, 5) is 13.5. The zero-order valence-electron chi connectivity index (χ0n) is 13.4. The molecule has 3 rings (SSSR count). The predicted molar refractivity (Wildman–Crippen MR) is 93.3 cm³/mol. The van der Waals surface area contributed by atoms with Crippen molar-refractivity contribution < 1.29 is 4.74 Å². The highest BCUT2D eigenvalue weighted by Crippen LogP contribution is 2.18. The van der Waals surface area contributed by atoms with Gasteiger partial charge in [0, 0.05) is 55.2 Å². The quantitative estimate of drug-likeness (QED) is 0.881. The first-order valence-corrected chi connectivity index (χ1v) is 7.99. The summed E-state index contributed by atoms with van der Waals surface area (Å²) in [5, 5.41) is 0. The first kappa shape index (κ1) is 15.6. The van der Waals surface area contributed by atoms with Gasteiger partial charge in [-0.3, -0.25) is 15.0 Å². The summed E-state index contributed by atoms with van der Waals surface area (Å²) in [6.07, 6.45) is 7.40. The van der Waals surface area contributed by atoms with Crippen molar-refractivity contribution >= 4 is 22.8 Å². The van der Waals surface area contributed by atoms with Crippen LogP contribution in [0, 0.1) is 12.8 Å². The zero-order chi connectivity index (χ0) is 16.1. The number of nitrogens with two attached hydrogens (primary N) is 1. The van der Waals surface area contributed by atoms with Gasteiger partial charge in [0.05, 0.1) is 11.0 Å². The number of allylic oxidation sites excluding steroid dienone is 1. The smallest absolute Gasteiger partial charge is 0.0896 e. The molecule has 0 bridgehead atoms. The highest BCUT2D eigenvalue weighted by Gasteiger charge is 2.12. The highest BCUT2D eigenvalue weighted by atomic mass is 16.5. The Morgan fingerprint density at radius 2 is 2.17 bits per heavy atom. The molecule has 2 N–H and O–H groups in total. The van der Waals surface area contributed by atoms with E-state index >= 15 is 0 Å². The van der Waals surface area contributed by atoms with Crippen LogP contribution in [0.4, 0.5) is 0 Å². The fraction of sp³-hybridized carbons (Fsp3) is 0.389. The monoisotopic (exact) mass is 310 g/mol. The molecular weight excluding hydrogens is 288 g/mol. The lowest BCUT2D eigenvalue weighted by Crippen LogP contribution is -2.17. The first-order chi connectivity index (χ1) is 11.3. The molecule has 5 heteroatoms. The fourth-order valence-corrected chi connectivity index (χ4v) is 2.71. The predicted octanol–water partition coefficient (Wildman–Crippen LogP) is 2.74. The van der Waals surface area contributed by atoms with Crippen LogP contribution in [0.3, 0.4) is 0 Å². The molecule has 3 heterocycles. The van der Waals surface area contributed by atoms with Crippen LogP contribution in [0.15, 0.2) is 35.6 Å². The van der Waals surface area contributed by atoms with Crippen molar-refractivity contribution in [1.29, 1.82) is 0 Å². The Bertz CT molecular complexity index is 733. The van der Waals surface area contributed by atoms with Crippen LogP contribution < -0.4 is 5.73 Å². The molecule has 0 aromatic carbocycles. The van der Waals surface area contributed by atoms with Crippen molar-refractivity contribution in [3.8, 4) is 0 Å². The van der Waals surface area contributed by atoms with Crippen LogP contribution >= 0.6 is 0 Å². The molecule has 0 radical (unpaired) electrons. The molecule has 0 amide bonds. The molecule has 1 aliphatic rings. The lowest BCUT2D eigenvalue weighted by Gasteiger charge is -2.19. The van der Waals surface area contributed by atoms with E-state index in [0.717, 1.165) is 60.5 Å². The number of rotatable bonds is 4. The van der Waals surface area contributed by atoms with E-state index in [4.69, 9.17) is 10.5 Å². The number of hydrogen-bond acceptors (Lipinski definition) is 5. The van der Waals surface area contributed by atoms with Crippen molar-refractivity contribution in [2.24, 2.45) is 16.6 Å². The molecule has 0 spiro atoms. The maximum absolute atomic E-state index is 5.78. The Labute approximate surface area is 136 Å². The maximum atomic E-state index is 5.78. The van der Waals surface area contributed by atoms with E-state index < -0.39 is 0 Å². The average Bonchev–Trinajstić information content (AvgIpc) is 2.59. The third-order valence-corrected chi connectivity index (χ3v) is 4.12. The molecule has 1 fully saturated rings. The first-order valence-electron chi connectivity index (χ1n) is 7.99. The number of aromatic nitrogens is 2. The minimum absolute atomic E-state index is 0.609. The highest BCUT2D eigenvalue weighted by molar-refractivity contribution is 6.10. The lowest BCUT2D eigenvalue weighted by molar-refractivity contribution is 0.0690. The molecule has 0 atom stereocenters. The Morgan fingerprint density at radius 1 is 1.35 bits per heavy atom. The number of nitrogens with zero attached hydrogens (tertiary/aromatic N) is 3. The van der Waals surface area contributed by atoms with Crippen molar-refractivity contribution in [1.82, 2.24) is 9.97 Å². The standard InChI is InChI=1S/C18H22N4O/c1-13-2-3-17-18(22-13)8-15(12-21-17)16(9-19)11-20-10-14-4-6-23-7-5-14/h2-3,8-9,11-12,14H,4-7,10,19H2,1H3. The molecule has 0 aliphatic carbocycles. The average molecular weight is 310 g/mol. The van der Waals surface area contributed by atoms with E-state index in [0.29, 0.717) is 5.92 Å². The molecular formula is C18H22N4O. The minimum Gasteiger partial charge on any atom is -0.404 e. The van der Waals surface area contributed by atoms with Crippen molar-refractivity contribution in [3.05, 3.63) is 41.9 Å². The second kappa shape index (κ2) is 7.33. The summed E-state index contributed by atoms with van der Waals surface area (Å²) in [5.41, 5.74) is 10.3. The number of pyridine rings is 2. The summed E-state index contributed by atoms with van der Waals surface area (Å²) < 4.78 is 5.37. The van der Waals surface area contributed by atoms with Gasteiger partial charge in [0.25, 0.3) is 0 Å². The second-order valence-electron chi connectivity index (χ2n) is 5.89. The third-order valence-electron chi connectivity index (χ3n) is 4.12. The van der Waals surface area contributed by atoms with Gasteiger partial charge < -0.3 is 10.5 Å². The van der Waals surface area contributed by atoms with Gasteiger partial charge in [-0.1, -0.05) is 0 Å². The molecule has 0 unspecified atom stereocenters. The molecule has 0 saturated carbocycles. The van der Waals surface area contributed by atoms with Gasteiger partial charge in [-0.2, -0.15) is 0 Å². The topological polar surface area (TPSA) is 73.4 Å². The van der Waals surface area contributed by atoms with E-state index in [9.17, 15) is 0 Å². The van der Waals surface area contributed by atoms with Crippen LogP contribution in [-0.2, 0) is 4.74 Å². The van der Waals surface area contributed by atoms with Crippen LogP contribution in [0.5, 0.6) is 0 Å². The van der Waals surface area contributed by atoms with Gasteiger partial charge in [-0.05, 0) is 43.9 Å². The largest absolute Gasteiger partial charge is 0.404 e. The zero-order valence-corrected chi connectivity index (χ0v) is 13.4. The summed E-state index contributed by atoms with van der Waals surface area (Å²) in [7, 11) is 0. The van der Waals surface area contributed by atoms with Gasteiger partial charge in [-0.15, -0.1) is 0 Å². The molecule has 5 nitrogen and oxygen atoms in total. The van der Waals surface area contributed by atoms with E-state index in [1.54, 1.807) is 6.20 Å². The molecule has 1 saturated heterocycles. The Morgan fingerprint density at radius 3 is 2.96 bits per heavy atom. The van der Waals surface area contributed by atoms with Gasteiger partial charge in [0.15, 0.2) is 0 Å². The molecule has 2 aromatic rings. The normalized spacial score (nSPS) is 17.2. The number of aryl methyl sites for hydroxylation is 1. The summed E-state index contributed by atoms with van der Waals surface area (Å²) in [6.45, 7) is 4.49. The van der Waals surface area contributed by atoms with E-state index in [-0.39, 0.29) is 0 Å². The Balaban J connectivity index is 1.75. The van der Waals surface area contributed by atoms with E-state index in [2.05, 4.69) is 15.0 Å². The summed E-state index contributed by atoms with van der Waals surface area (Å²) in [5.74, 6) is 0.609. The number of hydrogen-bond donors (Lipinski definition) is 1. The third kappa shape index (κ3) is 3.93. The van der Waals surface area contributed by atoms with Crippen molar-refractivity contribution in [2.45, 2.75) is 19.8 Å². The van der Waals surface area contributed by atoms with Crippen molar-refractivity contribution in [3.63, 3.8) is 0 Å². The fourth-order valence-electron chi connectivity index (χ4n) is 2.71. The van der Waals surface area contributed by atoms with E-state index in [1.165, 1.54) is 0 Å². The summed E-state index contributed by atoms with van der Waals surface area (Å²) >= 11 is 0. The number of aliphatic imine (C=N–C) groups is 1. The van der Waals surface area contributed by atoms with Crippen LogP contribution in [0.25, 0.3) is 16.6 Å². The van der Waals surface area contributed by atoms with Gasteiger partial charge >= 0.3 is 0 Å². The Kier molecular flexibility index (Phi) is 4.98. The summed E-state index contributed by atoms with van der Waals surface area (Å²) in [6, 6.07) is 5.95. The van der Waals surface area contributed by atoms with Gasteiger partial charge in [0.1, 0.15) is 0 Å². The lowest BCUT2D eigenvalue weighted by atomic mass is 10.0. The van der Waals surface area contributed by atoms with E-state index in [1.807, 2.05) is 37.5 Å². The number of ether oxygens (including phenoxy) is 1. The molecule has 1 aliphatic heterocycles. The van der Waals surface area contributed by atoms with Gasteiger partial charge in [-0.25, -0.2) is 0 Å². The van der Waals surface area contributed by atoms with Crippen LogP contribution in [0.1, 0.15) is 24.1 Å². The minimum atomic E-state index is 0.609. The number of fused-ring (bicyclic) bond motifs is 1. The SMILES string of the molecule is Cc1ccc2ncc(C(C=NCC3CCOCC3)=CN)cc2n1.